The first-order valence-corrected chi connectivity index (χ1v) is 7.25. The lowest BCUT2D eigenvalue weighted by Gasteiger charge is -2.34. The van der Waals surface area contributed by atoms with Crippen LogP contribution in [0.3, 0.4) is 0 Å². The van der Waals surface area contributed by atoms with E-state index in [0.29, 0.717) is 18.0 Å². The first kappa shape index (κ1) is 15.0. The zero-order chi connectivity index (χ0) is 14.4. The molecule has 2 rings (SSSR count). The van der Waals surface area contributed by atoms with Crippen molar-refractivity contribution < 1.29 is 14.3 Å². The number of amides is 1. The zero-order valence-corrected chi connectivity index (χ0v) is 12.0. The first-order valence-electron chi connectivity index (χ1n) is 7.25. The Morgan fingerprint density at radius 2 is 2.45 bits per heavy atom. The van der Waals surface area contributed by atoms with Gasteiger partial charge in [-0.25, -0.2) is 4.98 Å². The summed E-state index contributed by atoms with van der Waals surface area (Å²) in [6, 6.07) is 0.289. The maximum atomic E-state index is 11.8. The third kappa shape index (κ3) is 3.80. The number of hydrogen-bond acceptors (Lipinski definition) is 5. The molecule has 0 saturated carbocycles. The van der Waals surface area contributed by atoms with Gasteiger partial charge in [-0.15, -0.1) is 0 Å². The van der Waals surface area contributed by atoms with Crippen LogP contribution >= 0.6 is 0 Å². The van der Waals surface area contributed by atoms with Gasteiger partial charge >= 0.3 is 0 Å². The summed E-state index contributed by atoms with van der Waals surface area (Å²) >= 11 is 0. The highest BCUT2D eigenvalue weighted by Gasteiger charge is 2.21. The summed E-state index contributed by atoms with van der Waals surface area (Å²) < 4.78 is 5.01. The number of oxazole rings is 1. The quantitative estimate of drug-likeness (QED) is 0.759. The molecule has 1 aliphatic heterocycles. The lowest BCUT2D eigenvalue weighted by atomic mass is 10.0. The monoisotopic (exact) mass is 281 g/mol. The van der Waals surface area contributed by atoms with E-state index in [9.17, 15) is 9.90 Å². The number of piperidine rings is 1. The lowest BCUT2D eigenvalue weighted by Crippen LogP contribution is -2.43. The Labute approximate surface area is 119 Å². The van der Waals surface area contributed by atoms with Crippen molar-refractivity contribution in [2.75, 3.05) is 26.2 Å². The highest BCUT2D eigenvalue weighted by Crippen LogP contribution is 2.16. The van der Waals surface area contributed by atoms with E-state index in [0.717, 1.165) is 25.9 Å². The average molecular weight is 281 g/mol. The molecule has 1 fully saturated rings. The molecule has 0 aliphatic carbocycles. The number of nitrogens with one attached hydrogen (secondary N) is 1. The molecule has 1 aromatic heterocycles. The zero-order valence-electron chi connectivity index (χ0n) is 12.0. The van der Waals surface area contributed by atoms with E-state index >= 15 is 0 Å². The van der Waals surface area contributed by atoms with Gasteiger partial charge in [0, 0.05) is 19.1 Å². The molecule has 1 atom stereocenters. The van der Waals surface area contributed by atoms with Gasteiger partial charge in [0.05, 0.1) is 6.61 Å². The summed E-state index contributed by atoms with van der Waals surface area (Å²) in [6.45, 7) is 4.51. The van der Waals surface area contributed by atoms with Gasteiger partial charge in [-0.05, 0) is 32.7 Å². The lowest BCUT2D eigenvalue weighted by molar-refractivity contribution is 0.0866. The average Bonchev–Trinajstić information content (AvgIpc) is 2.90. The van der Waals surface area contributed by atoms with Crippen LogP contribution in [0, 0.1) is 6.92 Å². The highest BCUT2D eigenvalue weighted by atomic mass is 16.3. The van der Waals surface area contributed by atoms with Crippen molar-refractivity contribution in [3.63, 3.8) is 0 Å². The summed E-state index contributed by atoms with van der Waals surface area (Å²) in [5, 5.41) is 12.2. The topological polar surface area (TPSA) is 78.6 Å². The fourth-order valence-corrected chi connectivity index (χ4v) is 2.65. The summed E-state index contributed by atoms with van der Waals surface area (Å²) in [6.07, 6.45) is 5.62. The molecular formula is C14H23N3O3. The normalized spacial score (nSPS) is 20.0. The summed E-state index contributed by atoms with van der Waals surface area (Å²) in [5.74, 6) is 0.354. The molecule has 112 valence electrons. The molecule has 1 aliphatic rings. The largest absolute Gasteiger partial charge is 0.448 e. The number of aliphatic hydroxyl groups is 1. The smallest absolute Gasteiger partial charge is 0.273 e. The van der Waals surface area contributed by atoms with Crippen molar-refractivity contribution in [3.05, 3.63) is 17.8 Å². The van der Waals surface area contributed by atoms with Gasteiger partial charge in [0.2, 0.25) is 0 Å². The Morgan fingerprint density at radius 1 is 1.60 bits per heavy atom. The predicted octanol–water partition coefficient (Wildman–Crippen LogP) is 0.950. The SMILES string of the molecule is Cc1ocnc1C(=O)NCCCN1CCCC[C@@H]1CO. The third-order valence-corrected chi connectivity index (χ3v) is 3.83. The molecule has 0 spiro atoms. The molecule has 2 N–H and O–H groups in total. The number of carbonyl (C=O) groups excluding carboxylic acids is 1. The minimum Gasteiger partial charge on any atom is -0.448 e. The second-order valence-electron chi connectivity index (χ2n) is 5.23. The summed E-state index contributed by atoms with van der Waals surface area (Å²) in [7, 11) is 0. The van der Waals surface area contributed by atoms with Crippen LogP contribution in [0.25, 0.3) is 0 Å². The molecule has 1 aromatic rings. The molecule has 0 unspecified atom stereocenters. The van der Waals surface area contributed by atoms with Crippen molar-refractivity contribution in [3.8, 4) is 0 Å². The molecule has 1 amide bonds. The second-order valence-corrected chi connectivity index (χ2v) is 5.23. The van der Waals surface area contributed by atoms with Gasteiger partial charge in [-0.2, -0.15) is 0 Å². The van der Waals surface area contributed by atoms with Crippen LogP contribution in [-0.2, 0) is 0 Å². The molecule has 6 heteroatoms. The van der Waals surface area contributed by atoms with Crippen molar-refractivity contribution >= 4 is 5.91 Å². The molecule has 0 bridgehead atoms. The van der Waals surface area contributed by atoms with Crippen LogP contribution in [0.1, 0.15) is 41.9 Å². The Morgan fingerprint density at radius 3 is 3.15 bits per heavy atom. The fraction of sp³-hybridized carbons (Fsp3) is 0.714. The standard InChI is InChI=1S/C14H23N3O3/c1-11-13(16-10-20-11)14(19)15-6-4-8-17-7-3-2-5-12(17)9-18/h10,12,18H,2-9H2,1H3,(H,15,19)/t12-/m1/s1. The van der Waals surface area contributed by atoms with E-state index in [1.165, 1.54) is 19.2 Å². The number of likely N-dealkylation sites (tertiary alicyclic amines) is 1. The summed E-state index contributed by atoms with van der Waals surface area (Å²) in [5.41, 5.74) is 0.358. The van der Waals surface area contributed by atoms with E-state index in [1.54, 1.807) is 6.92 Å². The molecule has 0 radical (unpaired) electrons. The number of aliphatic hydroxyl groups excluding tert-OH is 1. The number of aromatic nitrogens is 1. The number of nitrogens with zero attached hydrogens (tertiary/aromatic N) is 2. The number of hydrogen-bond donors (Lipinski definition) is 2. The van der Waals surface area contributed by atoms with Crippen molar-refractivity contribution in [1.29, 1.82) is 0 Å². The highest BCUT2D eigenvalue weighted by molar-refractivity contribution is 5.92. The van der Waals surface area contributed by atoms with Gasteiger partial charge in [-0.3, -0.25) is 9.69 Å². The Balaban J connectivity index is 1.68. The molecule has 2 heterocycles. The van der Waals surface area contributed by atoms with Gasteiger partial charge in [0.1, 0.15) is 5.76 Å². The van der Waals surface area contributed by atoms with Crippen LogP contribution in [0.2, 0.25) is 0 Å². The maximum Gasteiger partial charge on any atom is 0.273 e. The summed E-state index contributed by atoms with van der Waals surface area (Å²) in [4.78, 5) is 18.0. The second kappa shape index (κ2) is 7.40. The van der Waals surface area contributed by atoms with Gasteiger partial charge in [-0.1, -0.05) is 6.42 Å². The molecule has 1 saturated heterocycles. The molecule has 0 aromatic carbocycles. The van der Waals surface area contributed by atoms with Crippen LogP contribution in [-0.4, -0.2) is 53.2 Å². The van der Waals surface area contributed by atoms with Crippen LogP contribution in [0.5, 0.6) is 0 Å². The van der Waals surface area contributed by atoms with Gasteiger partial charge in [0.25, 0.3) is 5.91 Å². The van der Waals surface area contributed by atoms with Crippen molar-refractivity contribution in [2.45, 2.75) is 38.6 Å². The maximum absolute atomic E-state index is 11.8. The van der Waals surface area contributed by atoms with Gasteiger partial charge in [0.15, 0.2) is 12.1 Å². The Kier molecular flexibility index (Phi) is 5.55. The number of aryl methyl sites for hydroxylation is 1. The number of carbonyl (C=O) groups is 1. The molecular weight excluding hydrogens is 258 g/mol. The minimum atomic E-state index is -0.186. The van der Waals surface area contributed by atoms with Crippen LogP contribution in [0.4, 0.5) is 0 Å². The Hall–Kier alpha value is -1.40. The van der Waals surface area contributed by atoms with E-state index in [-0.39, 0.29) is 18.6 Å². The molecule has 20 heavy (non-hydrogen) atoms. The van der Waals surface area contributed by atoms with E-state index in [2.05, 4.69) is 15.2 Å². The Bertz CT molecular complexity index is 433. The van der Waals surface area contributed by atoms with E-state index < -0.39 is 0 Å². The number of rotatable bonds is 6. The van der Waals surface area contributed by atoms with Crippen LogP contribution in [0.15, 0.2) is 10.8 Å². The predicted molar refractivity (Wildman–Crippen MR) is 74.5 cm³/mol. The third-order valence-electron chi connectivity index (χ3n) is 3.83. The van der Waals surface area contributed by atoms with E-state index in [4.69, 9.17) is 4.42 Å². The van der Waals surface area contributed by atoms with Crippen molar-refractivity contribution in [2.24, 2.45) is 0 Å². The minimum absolute atomic E-state index is 0.186. The molecule has 6 nitrogen and oxygen atoms in total. The fourth-order valence-electron chi connectivity index (χ4n) is 2.65. The van der Waals surface area contributed by atoms with Gasteiger partial charge < -0.3 is 14.8 Å². The first-order chi connectivity index (χ1) is 9.72. The van der Waals surface area contributed by atoms with Crippen LogP contribution < -0.4 is 5.32 Å². The van der Waals surface area contributed by atoms with Crippen molar-refractivity contribution in [1.82, 2.24) is 15.2 Å². The van der Waals surface area contributed by atoms with E-state index in [1.807, 2.05) is 0 Å².